The number of nitrogens with one attached hydrogen (secondary N) is 1. The van der Waals surface area contributed by atoms with Crippen LogP contribution in [0.5, 0.6) is 0 Å². The van der Waals surface area contributed by atoms with Crippen LogP contribution in [0, 0.1) is 5.82 Å². The van der Waals surface area contributed by atoms with Crippen molar-refractivity contribution in [2.24, 2.45) is 0 Å². The van der Waals surface area contributed by atoms with Gasteiger partial charge in [0.25, 0.3) is 0 Å². The maximum atomic E-state index is 14.2. The van der Waals surface area contributed by atoms with Crippen molar-refractivity contribution in [2.45, 2.75) is 13.1 Å². The zero-order chi connectivity index (χ0) is 22.8. The summed E-state index contributed by atoms with van der Waals surface area (Å²) in [6.07, 6.45) is 1.66. The summed E-state index contributed by atoms with van der Waals surface area (Å²) in [7, 11) is 0. The standard InChI is InChI=1S/C24H21FN8/c25-18-11-5-4-9-16(18)14-33-24-17(10-6-12-28-24)19(32-33)23-30-21(26)20(22(27)31-23)29-13-15-7-2-1-3-8-15/h1-12,29H,13-14H2,(H4,26,27,30,31). The fraction of sp³-hybridized carbons (Fsp3) is 0.0833. The molecule has 0 spiro atoms. The number of nitrogen functional groups attached to an aromatic ring is 2. The first kappa shape index (κ1) is 20.4. The Morgan fingerprint density at radius 3 is 2.36 bits per heavy atom. The lowest BCUT2D eigenvalue weighted by molar-refractivity contribution is 0.589. The summed E-state index contributed by atoms with van der Waals surface area (Å²) < 4.78 is 15.8. The maximum Gasteiger partial charge on any atom is 0.184 e. The van der Waals surface area contributed by atoms with Gasteiger partial charge in [0.15, 0.2) is 23.1 Å². The summed E-state index contributed by atoms with van der Waals surface area (Å²) in [4.78, 5) is 13.3. The van der Waals surface area contributed by atoms with E-state index in [1.165, 1.54) is 6.07 Å². The second-order valence-corrected chi connectivity index (χ2v) is 7.50. The molecule has 164 valence electrons. The average molecular weight is 440 g/mol. The first-order valence-corrected chi connectivity index (χ1v) is 10.4. The number of nitrogens with two attached hydrogens (primary N) is 2. The summed E-state index contributed by atoms with van der Waals surface area (Å²) in [5.41, 5.74) is 15.6. The monoisotopic (exact) mass is 440 g/mol. The van der Waals surface area contributed by atoms with E-state index < -0.39 is 0 Å². The van der Waals surface area contributed by atoms with Gasteiger partial charge in [-0.1, -0.05) is 48.5 Å². The summed E-state index contributed by atoms with van der Waals surface area (Å²) in [6.45, 7) is 0.740. The largest absolute Gasteiger partial charge is 0.382 e. The lowest BCUT2D eigenvalue weighted by atomic mass is 10.2. The molecule has 2 aromatic carbocycles. The summed E-state index contributed by atoms with van der Waals surface area (Å²) >= 11 is 0. The topological polar surface area (TPSA) is 121 Å². The minimum absolute atomic E-state index is 0.210. The van der Waals surface area contributed by atoms with E-state index in [2.05, 4.69) is 25.4 Å². The molecule has 0 amide bonds. The molecule has 5 aromatic rings. The van der Waals surface area contributed by atoms with E-state index >= 15 is 0 Å². The van der Waals surface area contributed by atoms with E-state index in [9.17, 15) is 4.39 Å². The molecule has 0 aliphatic rings. The molecule has 0 saturated heterocycles. The van der Waals surface area contributed by atoms with Crippen molar-refractivity contribution in [3.8, 4) is 11.5 Å². The molecule has 0 fully saturated rings. The molecule has 0 bridgehead atoms. The molecular weight excluding hydrogens is 419 g/mol. The first-order chi connectivity index (χ1) is 16.1. The van der Waals surface area contributed by atoms with Crippen LogP contribution < -0.4 is 16.8 Å². The van der Waals surface area contributed by atoms with Gasteiger partial charge in [-0.05, 0) is 23.8 Å². The molecule has 9 heteroatoms. The van der Waals surface area contributed by atoms with Gasteiger partial charge in [0.2, 0.25) is 0 Å². The van der Waals surface area contributed by atoms with Crippen LogP contribution in [-0.2, 0) is 13.1 Å². The van der Waals surface area contributed by atoms with Crippen LogP contribution in [0.3, 0.4) is 0 Å². The number of hydrogen-bond donors (Lipinski definition) is 3. The van der Waals surface area contributed by atoms with Gasteiger partial charge < -0.3 is 16.8 Å². The average Bonchev–Trinajstić information content (AvgIpc) is 3.19. The predicted molar refractivity (Wildman–Crippen MR) is 127 cm³/mol. The Morgan fingerprint density at radius 1 is 0.879 bits per heavy atom. The minimum Gasteiger partial charge on any atom is -0.382 e. The van der Waals surface area contributed by atoms with Crippen LogP contribution >= 0.6 is 0 Å². The molecule has 0 aliphatic carbocycles. The van der Waals surface area contributed by atoms with Crippen molar-refractivity contribution in [1.82, 2.24) is 24.7 Å². The molecule has 0 aliphatic heterocycles. The van der Waals surface area contributed by atoms with Gasteiger partial charge >= 0.3 is 0 Å². The first-order valence-electron chi connectivity index (χ1n) is 10.4. The van der Waals surface area contributed by atoms with Crippen molar-refractivity contribution < 1.29 is 4.39 Å². The molecule has 33 heavy (non-hydrogen) atoms. The van der Waals surface area contributed by atoms with Gasteiger partial charge in [0, 0.05) is 18.3 Å². The molecule has 3 aromatic heterocycles. The number of pyridine rings is 1. The van der Waals surface area contributed by atoms with Crippen LogP contribution in [0.4, 0.5) is 21.7 Å². The van der Waals surface area contributed by atoms with Crippen LogP contribution in [0.1, 0.15) is 11.1 Å². The number of anilines is 3. The van der Waals surface area contributed by atoms with E-state index in [4.69, 9.17) is 11.5 Å². The quantitative estimate of drug-likeness (QED) is 0.367. The third-order valence-electron chi connectivity index (χ3n) is 5.27. The fourth-order valence-corrected chi connectivity index (χ4v) is 3.64. The number of benzene rings is 2. The van der Waals surface area contributed by atoms with Crippen LogP contribution in [0.2, 0.25) is 0 Å². The molecule has 0 radical (unpaired) electrons. The second kappa shape index (κ2) is 8.54. The van der Waals surface area contributed by atoms with E-state index in [-0.39, 0.29) is 29.8 Å². The smallest absolute Gasteiger partial charge is 0.184 e. The zero-order valence-corrected chi connectivity index (χ0v) is 17.6. The SMILES string of the molecule is Nc1nc(-c2nn(Cc3ccccc3F)c3ncccc23)nc(N)c1NCc1ccccc1. The fourth-order valence-electron chi connectivity index (χ4n) is 3.64. The Kier molecular flexibility index (Phi) is 5.27. The second-order valence-electron chi connectivity index (χ2n) is 7.50. The lowest BCUT2D eigenvalue weighted by Gasteiger charge is -2.12. The number of rotatable bonds is 6. The van der Waals surface area contributed by atoms with Gasteiger partial charge in [-0.2, -0.15) is 5.10 Å². The number of nitrogens with zero attached hydrogens (tertiary/aromatic N) is 5. The van der Waals surface area contributed by atoms with Crippen LogP contribution in [0.25, 0.3) is 22.6 Å². The van der Waals surface area contributed by atoms with Gasteiger partial charge in [-0.3, -0.25) is 0 Å². The van der Waals surface area contributed by atoms with E-state index in [1.54, 1.807) is 35.1 Å². The summed E-state index contributed by atoms with van der Waals surface area (Å²) in [6, 6.07) is 20.1. The van der Waals surface area contributed by atoms with Crippen molar-refractivity contribution in [1.29, 1.82) is 0 Å². The molecule has 0 saturated carbocycles. The third-order valence-corrected chi connectivity index (χ3v) is 5.27. The lowest BCUT2D eigenvalue weighted by Crippen LogP contribution is -2.10. The summed E-state index contributed by atoms with van der Waals surface area (Å²) in [5.74, 6) is 0.404. The molecular formula is C24H21FN8. The van der Waals surface area contributed by atoms with E-state index in [0.717, 1.165) is 10.9 Å². The van der Waals surface area contributed by atoms with E-state index in [0.29, 0.717) is 29.1 Å². The van der Waals surface area contributed by atoms with Crippen molar-refractivity contribution in [3.05, 3.63) is 89.9 Å². The van der Waals surface area contributed by atoms with Crippen LogP contribution in [-0.4, -0.2) is 24.7 Å². The number of fused-ring (bicyclic) bond motifs is 1. The maximum absolute atomic E-state index is 14.2. The number of aromatic nitrogens is 5. The van der Waals surface area contributed by atoms with Crippen molar-refractivity contribution in [2.75, 3.05) is 16.8 Å². The highest BCUT2D eigenvalue weighted by Crippen LogP contribution is 2.30. The highest BCUT2D eigenvalue weighted by molar-refractivity contribution is 5.90. The number of hydrogen-bond acceptors (Lipinski definition) is 7. The number of halogens is 1. The zero-order valence-electron chi connectivity index (χ0n) is 17.6. The van der Waals surface area contributed by atoms with Gasteiger partial charge in [0.05, 0.1) is 11.9 Å². The highest BCUT2D eigenvalue weighted by Gasteiger charge is 2.19. The molecule has 8 nitrogen and oxygen atoms in total. The van der Waals surface area contributed by atoms with Crippen LogP contribution in [0.15, 0.2) is 72.9 Å². The normalized spacial score (nSPS) is 11.1. The third kappa shape index (κ3) is 4.03. The van der Waals surface area contributed by atoms with E-state index in [1.807, 2.05) is 36.4 Å². The predicted octanol–water partition coefficient (Wildman–Crippen LogP) is 3.85. The molecule has 0 unspecified atom stereocenters. The van der Waals surface area contributed by atoms with Gasteiger partial charge in [0.1, 0.15) is 17.2 Å². The Morgan fingerprint density at radius 2 is 1.61 bits per heavy atom. The minimum atomic E-state index is -0.308. The Balaban J connectivity index is 1.51. The molecule has 3 heterocycles. The summed E-state index contributed by atoms with van der Waals surface area (Å²) in [5, 5.41) is 8.56. The Bertz CT molecular complexity index is 1410. The van der Waals surface area contributed by atoms with Crippen molar-refractivity contribution in [3.63, 3.8) is 0 Å². The van der Waals surface area contributed by atoms with Gasteiger partial charge in [-0.25, -0.2) is 24.0 Å². The molecule has 0 atom stereocenters. The molecule has 5 N–H and O–H groups in total. The Labute approximate surface area is 189 Å². The van der Waals surface area contributed by atoms with Gasteiger partial charge in [-0.15, -0.1) is 0 Å². The van der Waals surface area contributed by atoms with Crippen molar-refractivity contribution >= 4 is 28.4 Å². The Hall–Kier alpha value is -4.53. The highest BCUT2D eigenvalue weighted by atomic mass is 19.1. The molecule has 5 rings (SSSR count).